The minimum atomic E-state index is 0.443. The fourth-order valence-electron chi connectivity index (χ4n) is 1.79. The van der Waals surface area contributed by atoms with Gasteiger partial charge in [-0.2, -0.15) is 0 Å². The van der Waals surface area contributed by atoms with Gasteiger partial charge in [-0.15, -0.1) is 0 Å². The molecule has 1 N–H and O–H groups in total. The fourth-order valence-corrected chi connectivity index (χ4v) is 2.05. The zero-order valence-corrected chi connectivity index (χ0v) is 11.5. The molecular weight excluding hydrogens is 250 g/mol. The zero-order chi connectivity index (χ0) is 11.4. The summed E-state index contributed by atoms with van der Waals surface area (Å²) in [4.78, 5) is 0. The first-order valence-electron chi connectivity index (χ1n) is 5.49. The van der Waals surface area contributed by atoms with E-state index in [-0.39, 0.29) is 0 Å². The Morgan fingerprint density at radius 2 is 1.60 bits per heavy atom. The van der Waals surface area contributed by atoms with Crippen molar-refractivity contribution in [1.29, 1.82) is 0 Å². The van der Waals surface area contributed by atoms with E-state index in [0.717, 1.165) is 4.47 Å². The molecule has 0 amide bonds. The van der Waals surface area contributed by atoms with Gasteiger partial charge in [-0.25, -0.2) is 0 Å². The molecular formula is C13H20BrN. The molecule has 1 aromatic carbocycles. The van der Waals surface area contributed by atoms with Crippen molar-refractivity contribution in [1.82, 2.24) is 5.32 Å². The van der Waals surface area contributed by atoms with Crippen LogP contribution in [0.1, 0.15) is 32.4 Å². The van der Waals surface area contributed by atoms with Gasteiger partial charge in [0.05, 0.1) is 0 Å². The van der Waals surface area contributed by atoms with Gasteiger partial charge in [0.25, 0.3) is 0 Å². The van der Waals surface area contributed by atoms with E-state index in [4.69, 9.17) is 0 Å². The summed E-state index contributed by atoms with van der Waals surface area (Å²) in [6.07, 6.45) is 0. The normalized spacial score (nSPS) is 15.3. The average molecular weight is 270 g/mol. The third kappa shape index (κ3) is 3.32. The van der Waals surface area contributed by atoms with E-state index in [1.54, 1.807) is 0 Å². The van der Waals surface area contributed by atoms with Crippen molar-refractivity contribution in [3.63, 3.8) is 0 Å². The van der Waals surface area contributed by atoms with Crippen molar-refractivity contribution in [3.05, 3.63) is 34.3 Å². The smallest absolute Gasteiger partial charge is 0.0345 e. The predicted molar refractivity (Wildman–Crippen MR) is 69.9 cm³/mol. The highest BCUT2D eigenvalue weighted by Crippen LogP contribution is 2.28. The van der Waals surface area contributed by atoms with Crippen LogP contribution in [-0.4, -0.2) is 7.05 Å². The van der Waals surface area contributed by atoms with Gasteiger partial charge in [0.2, 0.25) is 0 Å². The summed E-state index contributed by atoms with van der Waals surface area (Å²) >= 11 is 3.46. The molecule has 0 aromatic heterocycles. The Morgan fingerprint density at radius 1 is 1.07 bits per heavy atom. The molecule has 2 atom stereocenters. The van der Waals surface area contributed by atoms with Crippen molar-refractivity contribution < 1.29 is 0 Å². The minimum Gasteiger partial charge on any atom is -0.313 e. The lowest BCUT2D eigenvalue weighted by atomic mass is 9.86. The second kappa shape index (κ2) is 5.66. The Bertz CT molecular complexity index is 292. The monoisotopic (exact) mass is 269 g/mol. The van der Waals surface area contributed by atoms with Gasteiger partial charge in [0.15, 0.2) is 0 Å². The van der Waals surface area contributed by atoms with E-state index < -0.39 is 0 Å². The molecule has 0 saturated carbocycles. The van der Waals surface area contributed by atoms with E-state index in [1.807, 2.05) is 7.05 Å². The highest BCUT2D eigenvalue weighted by Gasteiger charge is 2.19. The number of halogens is 1. The maximum Gasteiger partial charge on any atom is 0.0345 e. The first-order chi connectivity index (χ1) is 7.06. The summed E-state index contributed by atoms with van der Waals surface area (Å²) in [7, 11) is 2.03. The van der Waals surface area contributed by atoms with Gasteiger partial charge >= 0.3 is 0 Å². The maximum atomic E-state index is 3.46. The number of hydrogen-bond acceptors (Lipinski definition) is 1. The topological polar surface area (TPSA) is 12.0 Å². The van der Waals surface area contributed by atoms with Crippen LogP contribution >= 0.6 is 15.9 Å². The SMILES string of the molecule is CNC(c1ccc(Br)cc1)C(C)C(C)C. The molecule has 15 heavy (non-hydrogen) atoms. The van der Waals surface area contributed by atoms with Crippen molar-refractivity contribution in [3.8, 4) is 0 Å². The quantitative estimate of drug-likeness (QED) is 0.871. The highest BCUT2D eigenvalue weighted by atomic mass is 79.9. The first kappa shape index (κ1) is 12.7. The van der Waals surface area contributed by atoms with Gasteiger partial charge in [-0.05, 0) is 36.6 Å². The largest absolute Gasteiger partial charge is 0.313 e. The molecule has 0 spiro atoms. The van der Waals surface area contributed by atoms with Crippen molar-refractivity contribution in [2.24, 2.45) is 11.8 Å². The molecule has 1 rings (SSSR count). The van der Waals surface area contributed by atoms with E-state index >= 15 is 0 Å². The summed E-state index contributed by atoms with van der Waals surface area (Å²) in [5.41, 5.74) is 1.36. The van der Waals surface area contributed by atoms with E-state index in [0.29, 0.717) is 17.9 Å². The molecule has 0 aliphatic carbocycles. The molecule has 0 fully saturated rings. The molecule has 0 saturated heterocycles. The second-order valence-corrected chi connectivity index (χ2v) is 5.34. The standard InChI is InChI=1S/C13H20BrN/c1-9(2)10(3)13(15-4)11-5-7-12(14)8-6-11/h5-10,13,15H,1-4H3. The van der Waals surface area contributed by atoms with Crippen LogP contribution < -0.4 is 5.32 Å². The second-order valence-electron chi connectivity index (χ2n) is 4.42. The molecule has 0 heterocycles. The fraction of sp³-hybridized carbons (Fsp3) is 0.538. The van der Waals surface area contributed by atoms with Gasteiger partial charge < -0.3 is 5.32 Å². The molecule has 0 bridgehead atoms. The Balaban J connectivity index is 2.87. The lowest BCUT2D eigenvalue weighted by Crippen LogP contribution is -2.26. The number of rotatable bonds is 4. The number of nitrogens with one attached hydrogen (secondary N) is 1. The van der Waals surface area contributed by atoms with Crippen LogP contribution in [0.5, 0.6) is 0 Å². The summed E-state index contributed by atoms with van der Waals surface area (Å²) in [5.74, 6) is 1.32. The van der Waals surface area contributed by atoms with Crippen LogP contribution in [-0.2, 0) is 0 Å². The van der Waals surface area contributed by atoms with E-state index in [9.17, 15) is 0 Å². The molecule has 0 radical (unpaired) electrons. The predicted octanol–water partition coefficient (Wildman–Crippen LogP) is 4.00. The Morgan fingerprint density at radius 3 is 2.00 bits per heavy atom. The highest BCUT2D eigenvalue weighted by molar-refractivity contribution is 9.10. The molecule has 1 aromatic rings. The van der Waals surface area contributed by atoms with Gasteiger partial charge in [0.1, 0.15) is 0 Å². The summed E-state index contributed by atoms with van der Waals surface area (Å²) in [6, 6.07) is 9.02. The molecule has 0 aliphatic heterocycles. The molecule has 84 valence electrons. The van der Waals surface area contributed by atoms with Gasteiger partial charge in [-0.1, -0.05) is 48.8 Å². The lowest BCUT2D eigenvalue weighted by molar-refractivity contribution is 0.317. The zero-order valence-electron chi connectivity index (χ0n) is 9.92. The summed E-state index contributed by atoms with van der Waals surface area (Å²) < 4.78 is 1.14. The van der Waals surface area contributed by atoms with Crippen molar-refractivity contribution in [2.75, 3.05) is 7.05 Å². The van der Waals surface area contributed by atoms with Gasteiger partial charge in [0, 0.05) is 10.5 Å². The Hall–Kier alpha value is -0.340. The third-order valence-corrected chi connectivity index (χ3v) is 3.65. The summed E-state index contributed by atoms with van der Waals surface area (Å²) in [6.45, 7) is 6.84. The van der Waals surface area contributed by atoms with E-state index in [2.05, 4.69) is 66.3 Å². The van der Waals surface area contributed by atoms with Crippen LogP contribution in [0.25, 0.3) is 0 Å². The lowest BCUT2D eigenvalue weighted by Gasteiger charge is -2.27. The minimum absolute atomic E-state index is 0.443. The molecule has 2 heteroatoms. The molecule has 1 nitrogen and oxygen atoms in total. The third-order valence-electron chi connectivity index (χ3n) is 3.12. The average Bonchev–Trinajstić information content (AvgIpc) is 2.21. The Kier molecular flexibility index (Phi) is 4.81. The summed E-state index contributed by atoms with van der Waals surface area (Å²) in [5, 5.41) is 3.40. The van der Waals surface area contributed by atoms with Crippen LogP contribution in [0.4, 0.5) is 0 Å². The van der Waals surface area contributed by atoms with Crippen LogP contribution in [0, 0.1) is 11.8 Å². The van der Waals surface area contributed by atoms with E-state index in [1.165, 1.54) is 5.56 Å². The van der Waals surface area contributed by atoms with Crippen molar-refractivity contribution in [2.45, 2.75) is 26.8 Å². The van der Waals surface area contributed by atoms with Crippen molar-refractivity contribution >= 4 is 15.9 Å². The number of hydrogen-bond donors (Lipinski definition) is 1. The van der Waals surface area contributed by atoms with Crippen LogP contribution in [0.15, 0.2) is 28.7 Å². The van der Waals surface area contributed by atoms with Crippen LogP contribution in [0.3, 0.4) is 0 Å². The maximum absolute atomic E-state index is 3.46. The molecule has 0 aliphatic rings. The Labute approximate surface area is 101 Å². The molecule has 2 unspecified atom stereocenters. The van der Waals surface area contributed by atoms with Gasteiger partial charge in [-0.3, -0.25) is 0 Å². The van der Waals surface area contributed by atoms with Crippen LogP contribution in [0.2, 0.25) is 0 Å². The number of benzene rings is 1. The first-order valence-corrected chi connectivity index (χ1v) is 6.28.